The first-order valence-electron chi connectivity index (χ1n) is 5.88. The van der Waals surface area contributed by atoms with Gasteiger partial charge in [0.2, 0.25) is 0 Å². The summed E-state index contributed by atoms with van der Waals surface area (Å²) in [5.74, 6) is 0. The van der Waals surface area contributed by atoms with E-state index in [9.17, 15) is 0 Å². The predicted octanol–water partition coefficient (Wildman–Crippen LogP) is 4.25. The number of hydrogen-bond acceptors (Lipinski definition) is 2. The molecule has 1 saturated heterocycles. The topological polar surface area (TPSA) is 12.0 Å². The first-order chi connectivity index (χ1) is 8.68. The maximum absolute atomic E-state index is 5.97. The van der Waals surface area contributed by atoms with E-state index in [4.69, 9.17) is 11.6 Å². The van der Waals surface area contributed by atoms with E-state index in [2.05, 4.69) is 44.8 Å². The molecule has 1 nitrogen and oxygen atoms in total. The fourth-order valence-electron chi connectivity index (χ4n) is 2.44. The van der Waals surface area contributed by atoms with Gasteiger partial charge in [0.25, 0.3) is 0 Å². The van der Waals surface area contributed by atoms with Crippen molar-refractivity contribution in [2.45, 2.75) is 11.8 Å². The van der Waals surface area contributed by atoms with Crippen molar-refractivity contribution in [3.8, 4) is 0 Å². The Balaban J connectivity index is 1.88. The Morgan fingerprint density at radius 2 is 2.00 bits per heavy atom. The molecule has 18 heavy (non-hydrogen) atoms. The lowest BCUT2D eigenvalue weighted by Gasteiger charge is -2.43. The normalized spacial score (nSPS) is 17.4. The van der Waals surface area contributed by atoms with Gasteiger partial charge < -0.3 is 5.32 Å². The minimum Gasteiger partial charge on any atom is -0.315 e. The number of rotatable bonds is 3. The lowest BCUT2D eigenvalue weighted by atomic mass is 9.72. The molecule has 1 aliphatic rings. The van der Waals surface area contributed by atoms with Gasteiger partial charge in [-0.05, 0) is 46.1 Å². The second kappa shape index (κ2) is 4.97. The van der Waals surface area contributed by atoms with Crippen LogP contribution in [-0.4, -0.2) is 13.1 Å². The zero-order chi connectivity index (χ0) is 12.6. The van der Waals surface area contributed by atoms with Gasteiger partial charge in [-0.2, -0.15) is 0 Å². The average molecular weight is 343 g/mol. The Morgan fingerprint density at radius 1 is 1.28 bits per heavy atom. The van der Waals surface area contributed by atoms with Crippen LogP contribution in [0.15, 0.2) is 40.2 Å². The molecule has 0 saturated carbocycles. The molecular formula is C14H13BrClNS. The molecule has 0 amide bonds. The fraction of sp³-hybridized carbons (Fsp3) is 0.286. The van der Waals surface area contributed by atoms with Gasteiger partial charge in [0.05, 0.1) is 0 Å². The molecule has 3 rings (SSSR count). The highest BCUT2D eigenvalue weighted by atomic mass is 79.9. The van der Waals surface area contributed by atoms with E-state index in [1.165, 1.54) is 14.9 Å². The standard InChI is InChI=1S/C14H13BrClNS/c15-11-5-13(18-7-11)6-14(8-17-9-14)10-1-3-12(16)4-2-10/h1-5,7,17H,6,8-9H2. The highest BCUT2D eigenvalue weighted by Gasteiger charge is 2.38. The Kier molecular flexibility index (Phi) is 3.50. The van der Waals surface area contributed by atoms with Crippen molar-refractivity contribution in [2.24, 2.45) is 0 Å². The summed E-state index contributed by atoms with van der Waals surface area (Å²) in [5, 5.41) is 6.36. The van der Waals surface area contributed by atoms with E-state index >= 15 is 0 Å². The summed E-state index contributed by atoms with van der Waals surface area (Å²) in [6.45, 7) is 2.09. The Bertz CT molecular complexity index is 545. The molecular weight excluding hydrogens is 330 g/mol. The highest BCUT2D eigenvalue weighted by Crippen LogP contribution is 2.35. The SMILES string of the molecule is Clc1ccc(C2(Cc3cc(Br)cs3)CNC2)cc1. The van der Waals surface area contributed by atoms with Crippen molar-refractivity contribution < 1.29 is 0 Å². The fourth-order valence-corrected chi connectivity index (χ4v) is 4.16. The molecule has 1 aliphatic heterocycles. The molecule has 1 fully saturated rings. The van der Waals surface area contributed by atoms with Crippen LogP contribution in [0.5, 0.6) is 0 Å². The van der Waals surface area contributed by atoms with Crippen LogP contribution in [0.3, 0.4) is 0 Å². The van der Waals surface area contributed by atoms with Gasteiger partial charge in [0.15, 0.2) is 0 Å². The number of nitrogens with one attached hydrogen (secondary N) is 1. The lowest BCUT2D eigenvalue weighted by molar-refractivity contribution is 0.276. The molecule has 2 heterocycles. The lowest BCUT2D eigenvalue weighted by Crippen LogP contribution is -2.58. The van der Waals surface area contributed by atoms with Crippen molar-refractivity contribution in [3.05, 3.63) is 55.6 Å². The van der Waals surface area contributed by atoms with Gasteiger partial charge in [0, 0.05) is 38.3 Å². The molecule has 1 aromatic carbocycles. The maximum Gasteiger partial charge on any atom is 0.0406 e. The molecule has 0 unspecified atom stereocenters. The summed E-state index contributed by atoms with van der Waals surface area (Å²) >= 11 is 11.3. The molecule has 0 bridgehead atoms. The van der Waals surface area contributed by atoms with Crippen LogP contribution in [0.2, 0.25) is 5.02 Å². The zero-order valence-electron chi connectivity index (χ0n) is 9.75. The van der Waals surface area contributed by atoms with Crippen molar-refractivity contribution in [1.29, 1.82) is 0 Å². The van der Waals surface area contributed by atoms with Crippen molar-refractivity contribution in [1.82, 2.24) is 5.32 Å². The second-order valence-electron chi connectivity index (χ2n) is 4.80. The molecule has 4 heteroatoms. The molecule has 1 aromatic heterocycles. The summed E-state index contributed by atoms with van der Waals surface area (Å²) in [6, 6.07) is 10.5. The van der Waals surface area contributed by atoms with Crippen LogP contribution >= 0.6 is 38.9 Å². The summed E-state index contributed by atoms with van der Waals surface area (Å²) in [5.41, 5.74) is 1.63. The summed E-state index contributed by atoms with van der Waals surface area (Å²) in [7, 11) is 0. The molecule has 94 valence electrons. The third-order valence-corrected chi connectivity index (χ3v) is 5.47. The number of halogens is 2. The van der Waals surface area contributed by atoms with Gasteiger partial charge in [-0.3, -0.25) is 0 Å². The summed E-state index contributed by atoms with van der Waals surface area (Å²) in [6.07, 6.45) is 1.10. The molecule has 0 atom stereocenters. The zero-order valence-corrected chi connectivity index (χ0v) is 12.9. The summed E-state index contributed by atoms with van der Waals surface area (Å²) < 4.78 is 1.18. The van der Waals surface area contributed by atoms with Gasteiger partial charge in [-0.15, -0.1) is 11.3 Å². The monoisotopic (exact) mass is 341 g/mol. The van der Waals surface area contributed by atoms with Crippen LogP contribution in [0.25, 0.3) is 0 Å². The van der Waals surface area contributed by atoms with Crippen molar-refractivity contribution in [3.63, 3.8) is 0 Å². The van der Waals surface area contributed by atoms with Crippen molar-refractivity contribution in [2.75, 3.05) is 13.1 Å². The smallest absolute Gasteiger partial charge is 0.0406 e. The van der Waals surface area contributed by atoms with E-state index in [-0.39, 0.29) is 5.41 Å². The van der Waals surface area contributed by atoms with E-state index in [0.29, 0.717) is 0 Å². The number of thiophene rings is 1. The van der Waals surface area contributed by atoms with Gasteiger partial charge in [-0.1, -0.05) is 23.7 Å². The third kappa shape index (κ3) is 2.37. The van der Waals surface area contributed by atoms with Crippen LogP contribution in [-0.2, 0) is 11.8 Å². The molecule has 1 N–H and O–H groups in total. The quantitative estimate of drug-likeness (QED) is 0.879. The first kappa shape index (κ1) is 12.7. The van der Waals surface area contributed by atoms with Crippen LogP contribution < -0.4 is 5.32 Å². The van der Waals surface area contributed by atoms with E-state index in [1.807, 2.05) is 23.5 Å². The van der Waals surface area contributed by atoms with Gasteiger partial charge in [-0.25, -0.2) is 0 Å². The highest BCUT2D eigenvalue weighted by molar-refractivity contribution is 9.10. The largest absolute Gasteiger partial charge is 0.315 e. The summed E-state index contributed by atoms with van der Waals surface area (Å²) in [4.78, 5) is 1.43. The first-order valence-corrected chi connectivity index (χ1v) is 7.93. The maximum atomic E-state index is 5.97. The minimum absolute atomic E-state index is 0.245. The van der Waals surface area contributed by atoms with Crippen LogP contribution in [0.1, 0.15) is 10.4 Å². The van der Waals surface area contributed by atoms with E-state index in [1.54, 1.807) is 0 Å². The van der Waals surface area contributed by atoms with Crippen LogP contribution in [0.4, 0.5) is 0 Å². The molecule has 0 spiro atoms. The second-order valence-corrected chi connectivity index (χ2v) is 7.15. The number of hydrogen-bond donors (Lipinski definition) is 1. The predicted molar refractivity (Wildman–Crippen MR) is 81.7 cm³/mol. The third-order valence-electron chi connectivity index (χ3n) is 3.52. The van der Waals surface area contributed by atoms with Gasteiger partial charge >= 0.3 is 0 Å². The Labute approximate surface area is 124 Å². The molecule has 0 radical (unpaired) electrons. The minimum atomic E-state index is 0.245. The Morgan fingerprint density at radius 3 is 2.50 bits per heavy atom. The Hall–Kier alpha value is -0.350. The van der Waals surface area contributed by atoms with Crippen molar-refractivity contribution >= 4 is 38.9 Å². The molecule has 2 aromatic rings. The van der Waals surface area contributed by atoms with E-state index in [0.717, 1.165) is 24.5 Å². The van der Waals surface area contributed by atoms with E-state index < -0.39 is 0 Å². The van der Waals surface area contributed by atoms with Gasteiger partial charge in [0.1, 0.15) is 0 Å². The average Bonchev–Trinajstić information content (AvgIpc) is 2.71. The number of benzene rings is 1. The van der Waals surface area contributed by atoms with Crippen LogP contribution in [0, 0.1) is 0 Å². The molecule has 0 aliphatic carbocycles.